The molecule has 6 nitrogen and oxygen atoms in total. The summed E-state index contributed by atoms with van der Waals surface area (Å²) in [5, 5.41) is 7.52. The second kappa shape index (κ2) is 5.83. The maximum absolute atomic E-state index is 5.64. The molecule has 0 saturated carbocycles. The molecule has 6 heteroatoms. The van der Waals surface area contributed by atoms with E-state index in [2.05, 4.69) is 39.7 Å². The second-order valence-electron chi connectivity index (χ2n) is 5.65. The molecule has 0 bridgehead atoms. The van der Waals surface area contributed by atoms with Gasteiger partial charge >= 0.3 is 0 Å². The number of rotatable bonds is 4. The number of hydrogen-bond donors (Lipinski definition) is 1. The number of nitrogens with one attached hydrogen (secondary N) is 1. The number of hydrogen-bond acceptors (Lipinski definition) is 5. The van der Waals surface area contributed by atoms with Crippen LogP contribution in [-0.4, -0.2) is 39.8 Å². The molecular formula is C15H20N4O2. The first kappa shape index (κ1) is 14.0. The molecule has 0 aliphatic carbocycles. The minimum Gasteiger partial charge on any atom is -0.378 e. The van der Waals surface area contributed by atoms with Gasteiger partial charge in [-0.3, -0.25) is 0 Å². The summed E-state index contributed by atoms with van der Waals surface area (Å²) < 4.78 is 13.1. The van der Waals surface area contributed by atoms with Gasteiger partial charge in [0.1, 0.15) is 12.7 Å². The standard InChI is InChI=1S/C15H20N4O2/c1-15(2)20-8-14(9-21-15)18-13-5-3-12(4-6-13)7-19-11-16-10-17-19/h3-6,10-11,14,18H,7-9H2,1-2H3. The van der Waals surface area contributed by atoms with E-state index in [1.807, 2.05) is 13.8 Å². The Hall–Kier alpha value is -1.92. The average molecular weight is 288 g/mol. The molecule has 0 amide bonds. The van der Waals surface area contributed by atoms with Crippen molar-refractivity contribution in [2.24, 2.45) is 0 Å². The van der Waals surface area contributed by atoms with Crippen LogP contribution in [0.1, 0.15) is 19.4 Å². The highest BCUT2D eigenvalue weighted by molar-refractivity contribution is 5.45. The normalized spacial score (nSPS) is 18.6. The monoisotopic (exact) mass is 288 g/mol. The lowest BCUT2D eigenvalue weighted by molar-refractivity contribution is -0.247. The fourth-order valence-electron chi connectivity index (χ4n) is 2.22. The molecule has 0 unspecified atom stereocenters. The van der Waals surface area contributed by atoms with E-state index in [-0.39, 0.29) is 6.04 Å². The zero-order chi connectivity index (χ0) is 14.7. The smallest absolute Gasteiger partial charge is 0.162 e. The van der Waals surface area contributed by atoms with Gasteiger partial charge in [0.15, 0.2) is 5.79 Å². The first-order chi connectivity index (χ1) is 10.1. The van der Waals surface area contributed by atoms with E-state index in [4.69, 9.17) is 9.47 Å². The van der Waals surface area contributed by atoms with E-state index in [1.165, 1.54) is 5.56 Å². The van der Waals surface area contributed by atoms with Crippen LogP contribution in [-0.2, 0) is 16.0 Å². The van der Waals surface area contributed by atoms with Crippen LogP contribution < -0.4 is 5.32 Å². The number of nitrogens with zero attached hydrogens (tertiary/aromatic N) is 3. The molecule has 1 aliphatic rings. The number of aromatic nitrogens is 3. The Morgan fingerprint density at radius 3 is 2.57 bits per heavy atom. The van der Waals surface area contributed by atoms with Gasteiger partial charge < -0.3 is 14.8 Å². The van der Waals surface area contributed by atoms with Gasteiger partial charge in [0, 0.05) is 5.69 Å². The summed E-state index contributed by atoms with van der Waals surface area (Å²) in [4.78, 5) is 3.94. The largest absolute Gasteiger partial charge is 0.378 e. The summed E-state index contributed by atoms with van der Waals surface area (Å²) in [7, 11) is 0. The van der Waals surface area contributed by atoms with Crippen molar-refractivity contribution in [2.45, 2.75) is 32.2 Å². The van der Waals surface area contributed by atoms with Crippen LogP contribution in [0.5, 0.6) is 0 Å². The van der Waals surface area contributed by atoms with E-state index in [9.17, 15) is 0 Å². The molecule has 1 aliphatic heterocycles. The van der Waals surface area contributed by atoms with Crippen molar-refractivity contribution in [3.8, 4) is 0 Å². The van der Waals surface area contributed by atoms with Crippen LogP contribution in [0.15, 0.2) is 36.9 Å². The number of anilines is 1. The molecule has 0 spiro atoms. The molecule has 112 valence electrons. The van der Waals surface area contributed by atoms with Crippen LogP contribution in [0, 0.1) is 0 Å². The Morgan fingerprint density at radius 2 is 1.95 bits per heavy atom. The van der Waals surface area contributed by atoms with Crippen molar-refractivity contribution in [2.75, 3.05) is 18.5 Å². The Kier molecular flexibility index (Phi) is 3.90. The number of ether oxygens (including phenoxy) is 2. The molecule has 2 heterocycles. The average Bonchev–Trinajstić information content (AvgIpc) is 2.96. The highest BCUT2D eigenvalue weighted by Crippen LogP contribution is 2.20. The third kappa shape index (κ3) is 3.80. The maximum Gasteiger partial charge on any atom is 0.162 e. The zero-order valence-corrected chi connectivity index (χ0v) is 12.3. The number of benzene rings is 1. The van der Waals surface area contributed by atoms with E-state index >= 15 is 0 Å². The summed E-state index contributed by atoms with van der Waals surface area (Å²) in [5.74, 6) is -0.472. The second-order valence-corrected chi connectivity index (χ2v) is 5.65. The van der Waals surface area contributed by atoms with Gasteiger partial charge in [0.25, 0.3) is 0 Å². The molecule has 2 aromatic rings. The molecule has 21 heavy (non-hydrogen) atoms. The van der Waals surface area contributed by atoms with Crippen LogP contribution in [0.2, 0.25) is 0 Å². The lowest BCUT2D eigenvalue weighted by Crippen LogP contribution is -2.45. The third-order valence-corrected chi connectivity index (χ3v) is 3.40. The highest BCUT2D eigenvalue weighted by Gasteiger charge is 2.28. The van der Waals surface area contributed by atoms with Gasteiger partial charge in [-0.2, -0.15) is 5.10 Å². The van der Waals surface area contributed by atoms with Crippen molar-refractivity contribution in [1.29, 1.82) is 0 Å². The molecule has 1 saturated heterocycles. The zero-order valence-electron chi connectivity index (χ0n) is 12.3. The summed E-state index contributed by atoms with van der Waals surface area (Å²) >= 11 is 0. The van der Waals surface area contributed by atoms with Gasteiger partial charge in [0.05, 0.1) is 25.8 Å². The molecule has 0 atom stereocenters. The Morgan fingerprint density at radius 1 is 1.24 bits per heavy atom. The van der Waals surface area contributed by atoms with Gasteiger partial charge in [-0.1, -0.05) is 12.1 Å². The Labute approximate surface area is 124 Å². The Balaban J connectivity index is 1.55. The maximum atomic E-state index is 5.64. The fraction of sp³-hybridized carbons (Fsp3) is 0.467. The molecule has 1 aromatic carbocycles. The molecule has 3 rings (SSSR count). The van der Waals surface area contributed by atoms with E-state index in [0.717, 1.165) is 12.2 Å². The van der Waals surface area contributed by atoms with Crippen LogP contribution >= 0.6 is 0 Å². The van der Waals surface area contributed by atoms with Crippen molar-refractivity contribution in [1.82, 2.24) is 14.8 Å². The molecule has 1 fully saturated rings. The van der Waals surface area contributed by atoms with Crippen LogP contribution in [0.3, 0.4) is 0 Å². The quantitative estimate of drug-likeness (QED) is 0.931. The predicted molar refractivity (Wildman–Crippen MR) is 79.0 cm³/mol. The lowest BCUT2D eigenvalue weighted by atomic mass is 10.2. The highest BCUT2D eigenvalue weighted by atomic mass is 16.7. The van der Waals surface area contributed by atoms with Gasteiger partial charge in [-0.05, 0) is 31.5 Å². The van der Waals surface area contributed by atoms with Crippen LogP contribution in [0.25, 0.3) is 0 Å². The molecule has 1 N–H and O–H groups in total. The summed E-state index contributed by atoms with van der Waals surface area (Å²) in [5.41, 5.74) is 2.25. The first-order valence-corrected chi connectivity index (χ1v) is 7.06. The molecule has 0 radical (unpaired) electrons. The van der Waals surface area contributed by atoms with E-state index in [1.54, 1.807) is 17.3 Å². The van der Waals surface area contributed by atoms with Crippen molar-refractivity contribution in [3.63, 3.8) is 0 Å². The predicted octanol–water partition coefficient (Wildman–Crippen LogP) is 1.89. The summed E-state index contributed by atoms with van der Waals surface area (Å²) in [6.45, 7) is 5.88. The summed E-state index contributed by atoms with van der Waals surface area (Å²) in [6, 6.07) is 8.47. The fourth-order valence-corrected chi connectivity index (χ4v) is 2.22. The van der Waals surface area contributed by atoms with E-state index < -0.39 is 5.79 Å². The van der Waals surface area contributed by atoms with Crippen molar-refractivity contribution in [3.05, 3.63) is 42.5 Å². The minimum absolute atomic E-state index is 0.180. The Bertz CT molecular complexity index is 556. The summed E-state index contributed by atoms with van der Waals surface area (Å²) in [6.07, 6.45) is 3.26. The van der Waals surface area contributed by atoms with Crippen LogP contribution in [0.4, 0.5) is 5.69 Å². The molecular weight excluding hydrogens is 268 g/mol. The van der Waals surface area contributed by atoms with Gasteiger partial charge in [-0.15, -0.1) is 0 Å². The van der Waals surface area contributed by atoms with Gasteiger partial charge in [-0.25, -0.2) is 9.67 Å². The van der Waals surface area contributed by atoms with Gasteiger partial charge in [0.2, 0.25) is 0 Å². The topological polar surface area (TPSA) is 61.2 Å². The minimum atomic E-state index is -0.472. The third-order valence-electron chi connectivity index (χ3n) is 3.40. The molecule has 1 aromatic heterocycles. The SMILES string of the molecule is CC1(C)OCC(Nc2ccc(Cn3cncn3)cc2)CO1. The lowest BCUT2D eigenvalue weighted by Gasteiger charge is -2.35. The van der Waals surface area contributed by atoms with Crippen molar-refractivity contribution < 1.29 is 9.47 Å². The van der Waals surface area contributed by atoms with E-state index in [0.29, 0.717) is 13.2 Å². The van der Waals surface area contributed by atoms with Crippen molar-refractivity contribution >= 4 is 5.69 Å². The first-order valence-electron chi connectivity index (χ1n) is 7.06.